The van der Waals surface area contributed by atoms with E-state index in [1.807, 2.05) is 7.05 Å². The predicted octanol–water partition coefficient (Wildman–Crippen LogP) is 3.96. The van der Waals surface area contributed by atoms with Gasteiger partial charge in [-0.25, -0.2) is 4.39 Å². The fraction of sp³-hybridized carbons (Fsp3) is 0.625. The number of hydrogen-bond donors (Lipinski definition) is 1. The van der Waals surface area contributed by atoms with E-state index in [0.717, 1.165) is 31.4 Å². The standard InChI is InChI=1S/C16H23ClFNO/c1-19-14(7-8-15-4-2-3-9-20-15)10-12-5-6-13(17)11-16(12)18/h5-6,11,14-15,19H,2-4,7-10H2,1H3. The van der Waals surface area contributed by atoms with Crippen molar-refractivity contribution in [1.29, 1.82) is 0 Å². The lowest BCUT2D eigenvalue weighted by atomic mass is 9.97. The highest BCUT2D eigenvalue weighted by molar-refractivity contribution is 6.30. The lowest BCUT2D eigenvalue weighted by Crippen LogP contribution is -2.30. The molecule has 2 rings (SSSR count). The van der Waals surface area contributed by atoms with Crippen molar-refractivity contribution < 1.29 is 9.13 Å². The molecule has 0 bridgehead atoms. The van der Waals surface area contributed by atoms with Crippen LogP contribution in [0.15, 0.2) is 18.2 Å². The van der Waals surface area contributed by atoms with Gasteiger partial charge in [0.2, 0.25) is 0 Å². The van der Waals surface area contributed by atoms with Crippen molar-refractivity contribution in [3.05, 3.63) is 34.6 Å². The summed E-state index contributed by atoms with van der Waals surface area (Å²) < 4.78 is 19.5. The Bertz CT molecular complexity index is 421. The molecule has 1 N–H and O–H groups in total. The molecule has 0 amide bonds. The fourth-order valence-corrected chi connectivity index (χ4v) is 2.88. The zero-order valence-corrected chi connectivity index (χ0v) is 12.8. The number of halogens is 2. The molecule has 2 unspecified atom stereocenters. The van der Waals surface area contributed by atoms with Crippen molar-refractivity contribution in [2.45, 2.75) is 50.7 Å². The average molecular weight is 300 g/mol. The second kappa shape index (κ2) is 7.96. The summed E-state index contributed by atoms with van der Waals surface area (Å²) in [7, 11) is 1.93. The third-order valence-corrected chi connectivity index (χ3v) is 4.24. The highest BCUT2D eigenvalue weighted by Crippen LogP contribution is 2.20. The van der Waals surface area contributed by atoms with Gasteiger partial charge in [-0.1, -0.05) is 17.7 Å². The summed E-state index contributed by atoms with van der Waals surface area (Å²) in [4.78, 5) is 0. The summed E-state index contributed by atoms with van der Waals surface area (Å²) in [6.45, 7) is 0.890. The minimum absolute atomic E-state index is 0.216. The molecule has 1 aliphatic rings. The lowest BCUT2D eigenvalue weighted by molar-refractivity contribution is 0.00869. The van der Waals surface area contributed by atoms with Gasteiger partial charge in [0.1, 0.15) is 5.82 Å². The van der Waals surface area contributed by atoms with E-state index in [1.165, 1.54) is 18.9 Å². The molecule has 2 atom stereocenters. The van der Waals surface area contributed by atoms with Crippen molar-refractivity contribution in [2.24, 2.45) is 0 Å². The first-order valence-corrected chi connectivity index (χ1v) is 7.79. The molecule has 112 valence electrons. The number of likely N-dealkylation sites (N-methyl/N-ethyl adjacent to an activating group) is 1. The van der Waals surface area contributed by atoms with Crippen LogP contribution in [0.1, 0.15) is 37.7 Å². The van der Waals surface area contributed by atoms with Crippen molar-refractivity contribution in [3.8, 4) is 0 Å². The maximum Gasteiger partial charge on any atom is 0.127 e. The first-order valence-electron chi connectivity index (χ1n) is 7.42. The van der Waals surface area contributed by atoms with Crippen LogP contribution in [0.2, 0.25) is 5.02 Å². The highest BCUT2D eigenvalue weighted by atomic mass is 35.5. The van der Waals surface area contributed by atoms with E-state index >= 15 is 0 Å². The van der Waals surface area contributed by atoms with E-state index in [9.17, 15) is 4.39 Å². The van der Waals surface area contributed by atoms with E-state index < -0.39 is 0 Å². The predicted molar refractivity (Wildman–Crippen MR) is 80.8 cm³/mol. The largest absolute Gasteiger partial charge is 0.378 e. The van der Waals surface area contributed by atoms with Gasteiger partial charge in [0.05, 0.1) is 6.10 Å². The molecular formula is C16H23ClFNO. The third-order valence-electron chi connectivity index (χ3n) is 4.00. The minimum Gasteiger partial charge on any atom is -0.378 e. The second-order valence-corrected chi connectivity index (χ2v) is 5.93. The Morgan fingerprint density at radius 3 is 2.95 bits per heavy atom. The van der Waals surface area contributed by atoms with Gasteiger partial charge in [-0.05, 0) is 63.3 Å². The normalized spacial score (nSPS) is 20.9. The third kappa shape index (κ3) is 4.72. The Hall–Kier alpha value is -0.640. The summed E-state index contributed by atoms with van der Waals surface area (Å²) in [5.74, 6) is -0.216. The quantitative estimate of drug-likeness (QED) is 0.858. The van der Waals surface area contributed by atoms with Gasteiger partial charge in [0.15, 0.2) is 0 Å². The molecule has 0 saturated carbocycles. The van der Waals surface area contributed by atoms with Crippen molar-refractivity contribution in [1.82, 2.24) is 5.32 Å². The molecule has 20 heavy (non-hydrogen) atoms. The van der Waals surface area contributed by atoms with E-state index in [1.54, 1.807) is 12.1 Å². The van der Waals surface area contributed by atoms with E-state index in [2.05, 4.69) is 5.32 Å². The molecule has 1 aliphatic heterocycles. The Balaban J connectivity index is 1.84. The number of ether oxygens (including phenoxy) is 1. The van der Waals surface area contributed by atoms with Crippen molar-refractivity contribution >= 4 is 11.6 Å². The zero-order valence-electron chi connectivity index (χ0n) is 12.0. The molecule has 1 fully saturated rings. The summed E-state index contributed by atoms with van der Waals surface area (Å²) in [5.41, 5.74) is 0.721. The molecule has 1 heterocycles. The Labute approximate surface area is 125 Å². The molecule has 1 saturated heterocycles. The first-order chi connectivity index (χ1) is 9.69. The van der Waals surface area contributed by atoms with Crippen LogP contribution in [-0.4, -0.2) is 25.8 Å². The molecular weight excluding hydrogens is 277 g/mol. The lowest BCUT2D eigenvalue weighted by Gasteiger charge is -2.25. The summed E-state index contributed by atoms with van der Waals surface area (Å²) in [5, 5.41) is 3.72. The summed E-state index contributed by atoms with van der Waals surface area (Å²) >= 11 is 5.78. The number of nitrogens with one attached hydrogen (secondary N) is 1. The van der Waals surface area contributed by atoms with Gasteiger partial charge in [0.25, 0.3) is 0 Å². The SMILES string of the molecule is CNC(CCC1CCCCO1)Cc1ccc(Cl)cc1F. The van der Waals surface area contributed by atoms with Crippen LogP contribution in [0.25, 0.3) is 0 Å². The Morgan fingerprint density at radius 2 is 2.30 bits per heavy atom. The zero-order chi connectivity index (χ0) is 14.4. The van der Waals surface area contributed by atoms with Crippen LogP contribution >= 0.6 is 11.6 Å². The van der Waals surface area contributed by atoms with Crippen LogP contribution in [0.4, 0.5) is 4.39 Å². The molecule has 1 aromatic carbocycles. The smallest absolute Gasteiger partial charge is 0.127 e. The van der Waals surface area contributed by atoms with Crippen molar-refractivity contribution in [2.75, 3.05) is 13.7 Å². The molecule has 0 spiro atoms. The minimum atomic E-state index is -0.216. The van der Waals surface area contributed by atoms with Gasteiger partial charge in [0, 0.05) is 17.7 Å². The van der Waals surface area contributed by atoms with Crippen LogP contribution in [0.3, 0.4) is 0 Å². The topological polar surface area (TPSA) is 21.3 Å². The Kier molecular flexibility index (Phi) is 6.27. The fourth-order valence-electron chi connectivity index (χ4n) is 2.72. The van der Waals surface area contributed by atoms with Crippen molar-refractivity contribution in [3.63, 3.8) is 0 Å². The molecule has 0 aliphatic carbocycles. The van der Waals surface area contributed by atoms with Gasteiger partial charge in [-0.3, -0.25) is 0 Å². The van der Waals surface area contributed by atoms with E-state index in [0.29, 0.717) is 17.5 Å². The number of rotatable bonds is 6. The molecule has 2 nitrogen and oxygen atoms in total. The number of hydrogen-bond acceptors (Lipinski definition) is 2. The van der Waals surface area contributed by atoms with Crippen LogP contribution in [0.5, 0.6) is 0 Å². The van der Waals surface area contributed by atoms with E-state index in [-0.39, 0.29) is 11.9 Å². The molecule has 1 aromatic rings. The van der Waals surface area contributed by atoms with E-state index in [4.69, 9.17) is 16.3 Å². The number of benzene rings is 1. The van der Waals surface area contributed by atoms with Gasteiger partial charge >= 0.3 is 0 Å². The van der Waals surface area contributed by atoms with Gasteiger partial charge in [-0.15, -0.1) is 0 Å². The maximum absolute atomic E-state index is 13.8. The van der Waals surface area contributed by atoms with Gasteiger partial charge < -0.3 is 10.1 Å². The van der Waals surface area contributed by atoms with Crippen LogP contribution in [-0.2, 0) is 11.2 Å². The Morgan fingerprint density at radius 1 is 1.45 bits per heavy atom. The molecule has 4 heteroatoms. The first kappa shape index (κ1) is 15.7. The molecule has 0 aromatic heterocycles. The monoisotopic (exact) mass is 299 g/mol. The second-order valence-electron chi connectivity index (χ2n) is 5.49. The summed E-state index contributed by atoms with van der Waals surface area (Å²) in [6, 6.07) is 5.18. The van der Waals surface area contributed by atoms with Crippen LogP contribution < -0.4 is 5.32 Å². The van der Waals surface area contributed by atoms with Gasteiger partial charge in [-0.2, -0.15) is 0 Å². The summed E-state index contributed by atoms with van der Waals surface area (Å²) in [6.07, 6.45) is 6.72. The highest BCUT2D eigenvalue weighted by Gasteiger charge is 2.17. The average Bonchev–Trinajstić information content (AvgIpc) is 2.46. The molecule has 0 radical (unpaired) electrons. The van der Waals surface area contributed by atoms with Crippen LogP contribution in [0, 0.1) is 5.82 Å². The maximum atomic E-state index is 13.8.